The molecule has 0 aromatic heterocycles. The molecule has 0 bridgehead atoms. The summed E-state index contributed by atoms with van der Waals surface area (Å²) in [6.45, 7) is 2.73. The largest absolute Gasteiger partial charge is 0.319 e. The van der Waals surface area contributed by atoms with E-state index in [4.69, 9.17) is 0 Å². The van der Waals surface area contributed by atoms with Crippen molar-refractivity contribution < 1.29 is 4.39 Å². The first-order valence-electron chi connectivity index (χ1n) is 4.25. The Bertz CT molecular complexity index is 299. The van der Waals surface area contributed by atoms with E-state index in [0.29, 0.717) is 4.47 Å². The van der Waals surface area contributed by atoms with Gasteiger partial charge in [-0.15, -0.1) is 0 Å². The Morgan fingerprint density at radius 2 is 2.15 bits per heavy atom. The van der Waals surface area contributed by atoms with Crippen LogP contribution in [0.25, 0.3) is 0 Å². The third kappa shape index (κ3) is 2.51. The van der Waals surface area contributed by atoms with Gasteiger partial charge >= 0.3 is 0 Å². The SMILES string of the molecule is CNCCc1c(C)ccc(Br)c1F. The molecule has 13 heavy (non-hydrogen) atoms. The number of likely N-dealkylation sites (N-methyl/N-ethyl adjacent to an activating group) is 1. The zero-order chi connectivity index (χ0) is 9.84. The summed E-state index contributed by atoms with van der Waals surface area (Å²) in [7, 11) is 1.87. The maximum absolute atomic E-state index is 13.5. The summed E-state index contributed by atoms with van der Waals surface area (Å²) >= 11 is 3.18. The Hall–Kier alpha value is -0.410. The molecule has 0 saturated carbocycles. The minimum absolute atomic E-state index is 0.129. The van der Waals surface area contributed by atoms with Crippen LogP contribution < -0.4 is 5.32 Å². The van der Waals surface area contributed by atoms with Crippen LogP contribution in [0.2, 0.25) is 0 Å². The molecule has 72 valence electrons. The third-order valence-electron chi connectivity index (χ3n) is 2.06. The highest BCUT2D eigenvalue weighted by atomic mass is 79.9. The predicted octanol–water partition coefficient (Wildman–Crippen LogP) is 2.66. The van der Waals surface area contributed by atoms with Crippen LogP contribution in [0.4, 0.5) is 4.39 Å². The smallest absolute Gasteiger partial charge is 0.140 e. The Labute approximate surface area is 86.5 Å². The average Bonchev–Trinajstić information content (AvgIpc) is 2.12. The summed E-state index contributed by atoms with van der Waals surface area (Å²) in [6, 6.07) is 3.67. The van der Waals surface area contributed by atoms with Crippen LogP contribution in [-0.2, 0) is 6.42 Å². The lowest BCUT2D eigenvalue weighted by Crippen LogP contribution is -2.12. The maximum atomic E-state index is 13.5. The summed E-state index contributed by atoms with van der Waals surface area (Å²) in [6.07, 6.45) is 0.730. The summed E-state index contributed by atoms with van der Waals surface area (Å²) < 4.78 is 14.1. The number of rotatable bonds is 3. The van der Waals surface area contributed by atoms with Gasteiger partial charge in [0.05, 0.1) is 4.47 Å². The van der Waals surface area contributed by atoms with Crippen molar-refractivity contribution in [2.24, 2.45) is 0 Å². The van der Waals surface area contributed by atoms with Crippen LogP contribution in [0.1, 0.15) is 11.1 Å². The first-order chi connectivity index (χ1) is 6.16. The van der Waals surface area contributed by atoms with Crippen LogP contribution in [-0.4, -0.2) is 13.6 Å². The number of halogens is 2. The number of hydrogen-bond acceptors (Lipinski definition) is 1. The number of benzene rings is 1. The van der Waals surface area contributed by atoms with Gasteiger partial charge in [0.2, 0.25) is 0 Å². The van der Waals surface area contributed by atoms with Crippen LogP contribution in [0.5, 0.6) is 0 Å². The number of nitrogens with one attached hydrogen (secondary N) is 1. The number of aryl methyl sites for hydroxylation is 1. The second-order valence-electron chi connectivity index (χ2n) is 3.01. The Morgan fingerprint density at radius 1 is 1.46 bits per heavy atom. The molecule has 0 aliphatic rings. The van der Waals surface area contributed by atoms with Gasteiger partial charge in [-0.05, 0) is 60.1 Å². The lowest BCUT2D eigenvalue weighted by Gasteiger charge is -2.07. The first-order valence-corrected chi connectivity index (χ1v) is 5.04. The molecule has 0 radical (unpaired) electrons. The van der Waals surface area contributed by atoms with E-state index in [-0.39, 0.29) is 5.82 Å². The molecule has 0 heterocycles. The van der Waals surface area contributed by atoms with Gasteiger partial charge in [-0.25, -0.2) is 4.39 Å². The van der Waals surface area contributed by atoms with Gasteiger partial charge in [0.1, 0.15) is 5.82 Å². The molecule has 1 N–H and O–H groups in total. The van der Waals surface area contributed by atoms with Crippen molar-refractivity contribution in [3.8, 4) is 0 Å². The van der Waals surface area contributed by atoms with Gasteiger partial charge < -0.3 is 5.32 Å². The molecule has 0 unspecified atom stereocenters. The quantitative estimate of drug-likeness (QED) is 0.864. The first kappa shape index (κ1) is 10.7. The highest BCUT2D eigenvalue weighted by Gasteiger charge is 2.08. The summed E-state index contributed by atoms with van der Waals surface area (Å²) in [5.41, 5.74) is 1.81. The molecule has 1 aromatic carbocycles. The third-order valence-corrected chi connectivity index (χ3v) is 2.67. The van der Waals surface area contributed by atoms with E-state index in [1.54, 1.807) is 6.07 Å². The molecule has 0 aliphatic carbocycles. The van der Waals surface area contributed by atoms with Gasteiger partial charge in [-0.1, -0.05) is 6.07 Å². The lowest BCUT2D eigenvalue weighted by atomic mass is 10.1. The summed E-state index contributed by atoms with van der Waals surface area (Å²) in [4.78, 5) is 0. The monoisotopic (exact) mass is 245 g/mol. The van der Waals surface area contributed by atoms with Crippen molar-refractivity contribution in [2.45, 2.75) is 13.3 Å². The van der Waals surface area contributed by atoms with Crippen LogP contribution in [0, 0.1) is 12.7 Å². The van der Waals surface area contributed by atoms with Gasteiger partial charge in [-0.3, -0.25) is 0 Å². The second-order valence-corrected chi connectivity index (χ2v) is 3.86. The summed E-state index contributed by atoms with van der Waals surface area (Å²) in [5, 5.41) is 3.01. The Kier molecular flexibility index (Phi) is 3.88. The van der Waals surface area contributed by atoms with E-state index in [9.17, 15) is 4.39 Å². The van der Waals surface area contributed by atoms with Crippen molar-refractivity contribution in [3.05, 3.63) is 33.5 Å². The second kappa shape index (κ2) is 4.72. The van der Waals surface area contributed by atoms with Crippen molar-refractivity contribution in [3.63, 3.8) is 0 Å². The maximum Gasteiger partial charge on any atom is 0.140 e. The van der Waals surface area contributed by atoms with Crippen molar-refractivity contribution >= 4 is 15.9 Å². The molecule has 3 heteroatoms. The molecular formula is C10H13BrFN. The minimum Gasteiger partial charge on any atom is -0.319 e. The van der Waals surface area contributed by atoms with E-state index in [1.165, 1.54) is 0 Å². The fraction of sp³-hybridized carbons (Fsp3) is 0.400. The van der Waals surface area contributed by atoms with E-state index >= 15 is 0 Å². The zero-order valence-corrected chi connectivity index (χ0v) is 9.41. The van der Waals surface area contributed by atoms with Crippen LogP contribution in [0.3, 0.4) is 0 Å². The van der Waals surface area contributed by atoms with E-state index in [2.05, 4.69) is 21.2 Å². The Morgan fingerprint density at radius 3 is 2.77 bits per heavy atom. The molecule has 0 spiro atoms. The molecule has 0 aliphatic heterocycles. The molecule has 1 nitrogen and oxygen atoms in total. The van der Waals surface area contributed by atoms with Gasteiger partial charge in [0.25, 0.3) is 0 Å². The molecule has 0 amide bonds. The van der Waals surface area contributed by atoms with E-state index in [1.807, 2.05) is 20.0 Å². The van der Waals surface area contributed by atoms with Crippen molar-refractivity contribution in [2.75, 3.05) is 13.6 Å². The normalized spacial score (nSPS) is 10.5. The fourth-order valence-corrected chi connectivity index (χ4v) is 1.62. The topological polar surface area (TPSA) is 12.0 Å². The Balaban J connectivity index is 2.96. The van der Waals surface area contributed by atoms with E-state index < -0.39 is 0 Å². The average molecular weight is 246 g/mol. The molecule has 1 aromatic rings. The van der Waals surface area contributed by atoms with Crippen LogP contribution in [0.15, 0.2) is 16.6 Å². The molecule has 0 atom stereocenters. The molecule has 0 saturated heterocycles. The zero-order valence-electron chi connectivity index (χ0n) is 7.82. The highest BCUT2D eigenvalue weighted by Crippen LogP contribution is 2.22. The molecule has 0 fully saturated rings. The van der Waals surface area contributed by atoms with E-state index in [0.717, 1.165) is 24.1 Å². The molecular weight excluding hydrogens is 233 g/mol. The van der Waals surface area contributed by atoms with Crippen molar-refractivity contribution in [1.29, 1.82) is 0 Å². The lowest BCUT2D eigenvalue weighted by molar-refractivity contribution is 0.596. The summed E-state index contributed by atoms with van der Waals surface area (Å²) in [5.74, 6) is -0.129. The fourth-order valence-electron chi connectivity index (χ4n) is 1.25. The molecule has 1 rings (SSSR count). The highest BCUT2D eigenvalue weighted by molar-refractivity contribution is 9.10. The van der Waals surface area contributed by atoms with Crippen molar-refractivity contribution in [1.82, 2.24) is 5.32 Å². The standard InChI is InChI=1S/C10H13BrFN/c1-7-3-4-9(11)10(12)8(7)5-6-13-2/h3-4,13H,5-6H2,1-2H3. The minimum atomic E-state index is -0.129. The van der Waals surface area contributed by atoms with Crippen LogP contribution >= 0.6 is 15.9 Å². The number of hydrogen-bond donors (Lipinski definition) is 1. The van der Waals surface area contributed by atoms with Gasteiger partial charge in [-0.2, -0.15) is 0 Å². The van der Waals surface area contributed by atoms with Gasteiger partial charge in [0, 0.05) is 0 Å². The van der Waals surface area contributed by atoms with Gasteiger partial charge in [0.15, 0.2) is 0 Å². The predicted molar refractivity (Wildman–Crippen MR) is 56.5 cm³/mol.